The van der Waals surface area contributed by atoms with Crippen LogP contribution in [-0.2, 0) is 4.74 Å². The molecule has 0 aromatic carbocycles. The molecular formula is C17H35NO. The Morgan fingerprint density at radius 3 is 2.26 bits per heavy atom. The average molecular weight is 269 g/mol. The summed E-state index contributed by atoms with van der Waals surface area (Å²) in [5.41, 5.74) is -0.00480. The summed E-state index contributed by atoms with van der Waals surface area (Å²) in [6.45, 7) is 13.3. The Labute approximate surface area is 120 Å². The molecule has 2 heteroatoms. The fourth-order valence-electron chi connectivity index (χ4n) is 3.54. The molecule has 0 aromatic heterocycles. The maximum absolute atomic E-state index is 6.16. The highest BCUT2D eigenvalue weighted by Crippen LogP contribution is 2.36. The molecule has 0 spiro atoms. The molecule has 2 nitrogen and oxygen atoms in total. The molecule has 2 unspecified atom stereocenters. The molecular weight excluding hydrogens is 234 g/mol. The van der Waals surface area contributed by atoms with Gasteiger partial charge in [-0.25, -0.2) is 0 Å². The summed E-state index contributed by atoms with van der Waals surface area (Å²) < 4.78 is 6.16. The lowest BCUT2D eigenvalue weighted by atomic mass is 9.73. The molecule has 0 amide bonds. The van der Waals surface area contributed by atoms with Crippen molar-refractivity contribution in [1.82, 2.24) is 5.32 Å². The predicted molar refractivity (Wildman–Crippen MR) is 83.5 cm³/mol. The summed E-state index contributed by atoms with van der Waals surface area (Å²) >= 11 is 0. The third-order valence-corrected chi connectivity index (χ3v) is 4.98. The topological polar surface area (TPSA) is 21.3 Å². The van der Waals surface area contributed by atoms with Crippen molar-refractivity contribution in [2.45, 2.75) is 84.8 Å². The maximum Gasteiger partial charge on any atom is 0.0806 e. The molecule has 2 atom stereocenters. The molecule has 0 aromatic rings. The highest BCUT2D eigenvalue weighted by molar-refractivity contribution is 4.94. The molecule has 1 N–H and O–H groups in total. The van der Waals surface area contributed by atoms with Crippen molar-refractivity contribution < 1.29 is 4.74 Å². The minimum absolute atomic E-state index is 0.00480. The van der Waals surface area contributed by atoms with Crippen LogP contribution in [0.2, 0.25) is 0 Å². The lowest BCUT2D eigenvalue weighted by Gasteiger charge is -2.44. The van der Waals surface area contributed by atoms with Gasteiger partial charge in [0, 0.05) is 12.6 Å². The summed E-state index contributed by atoms with van der Waals surface area (Å²) in [4.78, 5) is 0. The minimum Gasteiger partial charge on any atom is -0.374 e. The van der Waals surface area contributed by atoms with Gasteiger partial charge in [0.25, 0.3) is 0 Å². The molecule has 1 saturated carbocycles. The van der Waals surface area contributed by atoms with E-state index in [2.05, 4.69) is 39.9 Å². The van der Waals surface area contributed by atoms with Crippen LogP contribution in [-0.4, -0.2) is 24.8 Å². The molecule has 1 fully saturated rings. The second-order valence-corrected chi connectivity index (χ2v) is 6.55. The van der Waals surface area contributed by atoms with Crippen LogP contribution in [0.3, 0.4) is 0 Å². The second-order valence-electron chi connectivity index (χ2n) is 6.55. The molecule has 1 rings (SSSR count). The van der Waals surface area contributed by atoms with Gasteiger partial charge >= 0.3 is 0 Å². The van der Waals surface area contributed by atoms with E-state index in [4.69, 9.17) is 4.74 Å². The number of ether oxygens (including phenoxy) is 1. The zero-order valence-corrected chi connectivity index (χ0v) is 13.8. The summed E-state index contributed by atoms with van der Waals surface area (Å²) in [6.07, 6.45) is 7.80. The normalized spacial score (nSPS) is 28.9. The quantitative estimate of drug-likeness (QED) is 0.706. The van der Waals surface area contributed by atoms with Gasteiger partial charge < -0.3 is 10.1 Å². The van der Waals surface area contributed by atoms with Gasteiger partial charge in [0.15, 0.2) is 0 Å². The molecule has 114 valence electrons. The maximum atomic E-state index is 6.16. The third kappa shape index (κ3) is 4.75. The van der Waals surface area contributed by atoms with Crippen molar-refractivity contribution in [1.29, 1.82) is 0 Å². The Kier molecular flexibility index (Phi) is 7.38. The fraction of sp³-hybridized carbons (Fsp3) is 1.00. The van der Waals surface area contributed by atoms with E-state index >= 15 is 0 Å². The number of nitrogens with one attached hydrogen (secondary N) is 1. The highest BCUT2D eigenvalue weighted by Gasteiger charge is 2.39. The van der Waals surface area contributed by atoms with Crippen LogP contribution in [0, 0.1) is 11.8 Å². The van der Waals surface area contributed by atoms with Crippen LogP contribution < -0.4 is 5.32 Å². The SMILES string of the molecule is CCCNC(C1CCC(C)CC1)C(C)(CC)OCC. The first-order chi connectivity index (χ1) is 9.07. The van der Waals surface area contributed by atoms with E-state index in [0.717, 1.165) is 31.4 Å². The van der Waals surface area contributed by atoms with Crippen LogP contribution in [0.4, 0.5) is 0 Å². The lowest BCUT2D eigenvalue weighted by Crippen LogP contribution is -2.55. The monoisotopic (exact) mass is 269 g/mol. The Morgan fingerprint density at radius 2 is 1.79 bits per heavy atom. The van der Waals surface area contributed by atoms with Crippen LogP contribution >= 0.6 is 0 Å². The van der Waals surface area contributed by atoms with Crippen LogP contribution in [0.1, 0.15) is 73.1 Å². The predicted octanol–water partition coefficient (Wildman–Crippen LogP) is 4.39. The number of rotatable bonds is 8. The molecule has 0 radical (unpaired) electrons. The third-order valence-electron chi connectivity index (χ3n) is 4.98. The van der Waals surface area contributed by atoms with Gasteiger partial charge in [0.1, 0.15) is 0 Å². The smallest absolute Gasteiger partial charge is 0.0806 e. The van der Waals surface area contributed by atoms with E-state index in [-0.39, 0.29) is 5.60 Å². The first-order valence-corrected chi connectivity index (χ1v) is 8.44. The first kappa shape index (κ1) is 17.0. The van der Waals surface area contributed by atoms with Crippen molar-refractivity contribution in [2.75, 3.05) is 13.2 Å². The molecule has 0 saturated heterocycles. The van der Waals surface area contributed by atoms with Crippen molar-refractivity contribution in [3.8, 4) is 0 Å². The first-order valence-electron chi connectivity index (χ1n) is 8.44. The zero-order valence-electron chi connectivity index (χ0n) is 13.8. The zero-order chi connectivity index (χ0) is 14.3. The van der Waals surface area contributed by atoms with E-state index in [0.29, 0.717) is 6.04 Å². The van der Waals surface area contributed by atoms with Crippen molar-refractivity contribution in [3.63, 3.8) is 0 Å². The lowest BCUT2D eigenvalue weighted by molar-refractivity contribution is -0.0741. The highest BCUT2D eigenvalue weighted by atomic mass is 16.5. The van der Waals surface area contributed by atoms with Crippen molar-refractivity contribution >= 4 is 0 Å². The standard InChI is InChI=1S/C17H35NO/c1-6-13-18-16(17(5,7-2)19-8-3)15-11-9-14(4)10-12-15/h14-16,18H,6-13H2,1-5H3. The van der Waals surface area contributed by atoms with E-state index in [1.807, 2.05) is 0 Å². The van der Waals surface area contributed by atoms with Gasteiger partial charge in [-0.05, 0) is 57.9 Å². The van der Waals surface area contributed by atoms with E-state index in [9.17, 15) is 0 Å². The van der Waals surface area contributed by atoms with Crippen molar-refractivity contribution in [3.05, 3.63) is 0 Å². The van der Waals surface area contributed by atoms with Gasteiger partial charge in [-0.3, -0.25) is 0 Å². The van der Waals surface area contributed by atoms with Crippen molar-refractivity contribution in [2.24, 2.45) is 11.8 Å². The second kappa shape index (κ2) is 8.26. The van der Waals surface area contributed by atoms with E-state index in [1.54, 1.807) is 0 Å². The molecule has 0 heterocycles. The number of hydrogen-bond acceptors (Lipinski definition) is 2. The fourth-order valence-corrected chi connectivity index (χ4v) is 3.54. The van der Waals surface area contributed by atoms with E-state index in [1.165, 1.54) is 32.1 Å². The summed E-state index contributed by atoms with van der Waals surface area (Å²) in [7, 11) is 0. The van der Waals surface area contributed by atoms with Gasteiger partial charge in [-0.15, -0.1) is 0 Å². The molecule has 1 aliphatic carbocycles. The van der Waals surface area contributed by atoms with Crippen LogP contribution in [0.25, 0.3) is 0 Å². The summed E-state index contributed by atoms with van der Waals surface area (Å²) in [5.74, 6) is 1.71. The van der Waals surface area contributed by atoms with Gasteiger partial charge in [0.05, 0.1) is 5.60 Å². The Hall–Kier alpha value is -0.0800. The van der Waals surface area contributed by atoms with Crippen LogP contribution in [0.15, 0.2) is 0 Å². The summed E-state index contributed by atoms with van der Waals surface area (Å²) in [6, 6.07) is 0.518. The molecule has 0 aliphatic heterocycles. The Morgan fingerprint density at radius 1 is 1.16 bits per heavy atom. The molecule has 1 aliphatic rings. The molecule has 19 heavy (non-hydrogen) atoms. The van der Waals surface area contributed by atoms with Gasteiger partial charge in [-0.2, -0.15) is 0 Å². The number of hydrogen-bond donors (Lipinski definition) is 1. The molecule has 0 bridgehead atoms. The summed E-state index contributed by atoms with van der Waals surface area (Å²) in [5, 5.41) is 3.81. The Balaban J connectivity index is 2.74. The van der Waals surface area contributed by atoms with Crippen LogP contribution in [0.5, 0.6) is 0 Å². The minimum atomic E-state index is -0.00480. The largest absolute Gasteiger partial charge is 0.374 e. The van der Waals surface area contributed by atoms with Gasteiger partial charge in [0.2, 0.25) is 0 Å². The van der Waals surface area contributed by atoms with E-state index < -0.39 is 0 Å². The average Bonchev–Trinajstić information content (AvgIpc) is 2.41. The Bertz CT molecular complexity index is 235. The van der Waals surface area contributed by atoms with Gasteiger partial charge in [-0.1, -0.05) is 33.6 Å².